The van der Waals surface area contributed by atoms with Crippen molar-refractivity contribution in [2.45, 2.75) is 44.4 Å². The van der Waals surface area contributed by atoms with Crippen LogP contribution >= 0.6 is 11.6 Å². The number of rotatable bonds is 6. The number of fused-ring (bicyclic) bond motifs is 1. The molecule has 1 atom stereocenters. The lowest BCUT2D eigenvalue weighted by Gasteiger charge is -2.14. The largest absolute Gasteiger partial charge is 0.338 e. The number of aromatic nitrogens is 4. The summed E-state index contributed by atoms with van der Waals surface area (Å²) in [7, 11) is 0. The summed E-state index contributed by atoms with van der Waals surface area (Å²) in [6.07, 6.45) is 1.29. The Morgan fingerprint density at radius 3 is 2.71 bits per heavy atom. The van der Waals surface area contributed by atoms with Gasteiger partial charge in [-0.3, -0.25) is 14.4 Å². The molecule has 1 aliphatic carbocycles. The number of aromatic amines is 1. The molecule has 1 saturated carbocycles. The maximum absolute atomic E-state index is 14.3. The maximum atomic E-state index is 14.3. The molecule has 12 heteroatoms. The second kappa shape index (κ2) is 8.01. The molecule has 0 unspecified atom stereocenters. The molecule has 1 fully saturated rings. The van der Waals surface area contributed by atoms with E-state index in [0.29, 0.717) is 24.2 Å². The smallest absolute Gasteiger partial charge is 0.293 e. The van der Waals surface area contributed by atoms with Crippen LogP contribution in [0, 0.1) is 12.7 Å². The van der Waals surface area contributed by atoms with Crippen LogP contribution in [-0.4, -0.2) is 43.7 Å². The van der Waals surface area contributed by atoms with Gasteiger partial charge in [0.05, 0.1) is 28.9 Å². The minimum atomic E-state index is -1.30. The fraction of sp³-hybridized carbons (Fsp3) is 0.318. The van der Waals surface area contributed by atoms with Gasteiger partial charge in [-0.2, -0.15) is 15.4 Å². The fourth-order valence-electron chi connectivity index (χ4n) is 4.44. The second-order valence-electron chi connectivity index (χ2n) is 8.51. The molecule has 2 aliphatic rings. The molecule has 176 valence electrons. The molecule has 1 aromatic carbocycles. The average molecular weight is 489 g/mol. The number of nitrogens with one attached hydrogen (secondary N) is 3. The zero-order chi connectivity index (χ0) is 24.2. The summed E-state index contributed by atoms with van der Waals surface area (Å²) in [5, 5.41) is 15.4. The predicted molar refractivity (Wildman–Crippen MR) is 117 cm³/mol. The minimum absolute atomic E-state index is 0.0101. The van der Waals surface area contributed by atoms with E-state index < -0.39 is 35.1 Å². The van der Waals surface area contributed by atoms with Crippen molar-refractivity contribution in [1.82, 2.24) is 25.3 Å². The van der Waals surface area contributed by atoms with Gasteiger partial charge >= 0.3 is 0 Å². The Hall–Kier alpha value is -3.60. The lowest BCUT2D eigenvalue weighted by molar-refractivity contribution is -0.118. The van der Waals surface area contributed by atoms with Gasteiger partial charge < -0.3 is 15.2 Å². The van der Waals surface area contributed by atoms with Crippen LogP contribution in [0.25, 0.3) is 0 Å². The van der Waals surface area contributed by atoms with Gasteiger partial charge in [0, 0.05) is 17.8 Å². The Morgan fingerprint density at radius 1 is 1.29 bits per heavy atom. The van der Waals surface area contributed by atoms with Crippen molar-refractivity contribution >= 4 is 34.9 Å². The van der Waals surface area contributed by atoms with Gasteiger partial charge in [-0.15, -0.1) is 0 Å². The van der Waals surface area contributed by atoms with E-state index in [2.05, 4.69) is 26.0 Å². The van der Waals surface area contributed by atoms with Gasteiger partial charge in [-0.25, -0.2) is 8.78 Å². The van der Waals surface area contributed by atoms with E-state index in [-0.39, 0.29) is 40.5 Å². The van der Waals surface area contributed by atoms with Crippen LogP contribution in [0.3, 0.4) is 0 Å². The highest BCUT2D eigenvalue weighted by molar-refractivity contribution is 6.44. The molecule has 2 amide bonds. The molecule has 2 aromatic heterocycles. The number of hydrogen-bond donors (Lipinski definition) is 3. The summed E-state index contributed by atoms with van der Waals surface area (Å²) in [6.45, 7) is 1.41. The van der Waals surface area contributed by atoms with Gasteiger partial charge in [0.2, 0.25) is 0 Å². The number of hydrogen-bond acceptors (Lipinski definition) is 5. The number of anilines is 1. The van der Waals surface area contributed by atoms with E-state index in [0.717, 1.165) is 6.07 Å². The monoisotopic (exact) mass is 488 g/mol. The molecule has 0 saturated heterocycles. The summed E-state index contributed by atoms with van der Waals surface area (Å²) in [4.78, 5) is 39.2. The topological polar surface area (TPSA) is 122 Å². The third kappa shape index (κ3) is 3.65. The lowest BCUT2D eigenvalue weighted by Crippen LogP contribution is -2.40. The van der Waals surface area contributed by atoms with Crippen LogP contribution in [-0.2, 0) is 23.3 Å². The highest BCUT2D eigenvalue weighted by Gasteiger charge is 2.49. The number of ketones is 1. The summed E-state index contributed by atoms with van der Waals surface area (Å²) in [5.41, 5.74) is 0.615. The summed E-state index contributed by atoms with van der Waals surface area (Å²) < 4.78 is 29.2. The van der Waals surface area contributed by atoms with Crippen LogP contribution in [0.4, 0.5) is 14.5 Å². The molecule has 9 nitrogen and oxygen atoms in total. The average Bonchev–Trinajstić information content (AvgIpc) is 3.11. The highest BCUT2D eigenvalue weighted by atomic mass is 35.5. The Labute approximate surface area is 196 Å². The third-order valence-corrected chi connectivity index (χ3v) is 6.53. The summed E-state index contributed by atoms with van der Waals surface area (Å²) in [6, 6.07) is 3.68. The molecule has 1 aliphatic heterocycles. The van der Waals surface area contributed by atoms with Crippen molar-refractivity contribution in [3.8, 4) is 0 Å². The van der Waals surface area contributed by atoms with Gasteiger partial charge in [-0.05, 0) is 43.5 Å². The van der Waals surface area contributed by atoms with Crippen molar-refractivity contribution in [3.05, 3.63) is 63.4 Å². The van der Waals surface area contributed by atoms with E-state index in [1.54, 1.807) is 0 Å². The second-order valence-corrected chi connectivity index (χ2v) is 8.92. The summed E-state index contributed by atoms with van der Waals surface area (Å²) in [5.74, 6) is -2.99. The summed E-state index contributed by atoms with van der Waals surface area (Å²) >= 11 is 5.78. The molecule has 0 spiro atoms. The van der Waals surface area contributed by atoms with Crippen molar-refractivity contribution in [3.63, 3.8) is 0 Å². The number of Topliss-reactive ketones (excluding diaryl/α,β-unsaturated/α-hetero) is 1. The number of carbonyl (C=O) groups excluding carboxylic acids is 3. The van der Waals surface area contributed by atoms with Crippen LogP contribution < -0.4 is 10.6 Å². The van der Waals surface area contributed by atoms with Crippen molar-refractivity contribution in [2.24, 2.45) is 0 Å². The Balaban J connectivity index is 1.45. The molecule has 3 aromatic rings. The SMILES string of the molecule is Cc1c(C(=O)C(=O)NC2(c3cn[nH]n3)CC2)c2n(c1C(=O)Nc1ccc(F)c(Cl)c1)C[C@H](F)C2. The normalized spacial score (nSPS) is 17.8. The fourth-order valence-corrected chi connectivity index (χ4v) is 4.62. The molecule has 5 rings (SSSR count). The van der Waals surface area contributed by atoms with Crippen molar-refractivity contribution in [1.29, 1.82) is 0 Å². The maximum Gasteiger partial charge on any atom is 0.293 e. The number of benzene rings is 1. The standard InChI is InChI=1S/C22H19ClF2N6O3/c1-10-17(19(32)21(34)28-22(4-5-22)16-8-26-30-29-16)15-6-11(24)9-31(15)18(10)20(33)27-12-2-3-14(25)13(23)7-12/h2-3,7-8,11H,4-6,9H2,1H3,(H,27,33)(H,28,34)(H,26,29,30)/t11-/m1/s1. The number of carbonyl (C=O) groups is 3. The van der Waals surface area contributed by atoms with Crippen LogP contribution in [0.5, 0.6) is 0 Å². The first-order valence-electron chi connectivity index (χ1n) is 10.6. The van der Waals surface area contributed by atoms with E-state index in [9.17, 15) is 23.2 Å². The van der Waals surface area contributed by atoms with Gasteiger partial charge in [0.15, 0.2) is 0 Å². The number of alkyl halides is 1. The number of nitrogens with zero attached hydrogens (tertiary/aromatic N) is 3. The first kappa shape index (κ1) is 22.2. The molecule has 0 bridgehead atoms. The molecule has 3 N–H and O–H groups in total. The van der Waals surface area contributed by atoms with Crippen molar-refractivity contribution in [2.75, 3.05) is 5.32 Å². The third-order valence-electron chi connectivity index (χ3n) is 6.24. The lowest BCUT2D eigenvalue weighted by atomic mass is 10.0. The van der Waals surface area contributed by atoms with Crippen LogP contribution in [0.15, 0.2) is 24.4 Å². The number of amides is 2. The van der Waals surface area contributed by atoms with Crippen LogP contribution in [0.2, 0.25) is 5.02 Å². The Kier molecular flexibility index (Phi) is 5.23. The zero-order valence-electron chi connectivity index (χ0n) is 17.9. The predicted octanol–water partition coefficient (Wildman–Crippen LogP) is 2.84. The molecular formula is C22H19ClF2N6O3. The van der Waals surface area contributed by atoms with Gasteiger partial charge in [0.1, 0.15) is 23.4 Å². The van der Waals surface area contributed by atoms with Crippen LogP contribution in [0.1, 0.15) is 50.6 Å². The number of halogens is 3. The zero-order valence-corrected chi connectivity index (χ0v) is 18.7. The highest BCUT2D eigenvalue weighted by Crippen LogP contribution is 2.44. The molecule has 3 heterocycles. The first-order chi connectivity index (χ1) is 16.2. The van der Waals surface area contributed by atoms with Crippen molar-refractivity contribution < 1.29 is 23.2 Å². The van der Waals surface area contributed by atoms with E-state index in [1.165, 1.54) is 29.8 Å². The minimum Gasteiger partial charge on any atom is -0.338 e. The molecular weight excluding hydrogens is 470 g/mol. The Bertz CT molecular complexity index is 1330. The van der Waals surface area contributed by atoms with Gasteiger partial charge in [-0.1, -0.05) is 11.6 Å². The van der Waals surface area contributed by atoms with E-state index >= 15 is 0 Å². The number of H-pyrrole nitrogens is 1. The van der Waals surface area contributed by atoms with E-state index in [1.807, 2.05) is 0 Å². The van der Waals surface area contributed by atoms with E-state index in [4.69, 9.17) is 11.6 Å². The van der Waals surface area contributed by atoms with Gasteiger partial charge in [0.25, 0.3) is 17.6 Å². The quantitative estimate of drug-likeness (QED) is 0.364. The Morgan fingerprint density at radius 2 is 2.06 bits per heavy atom. The molecule has 0 radical (unpaired) electrons. The first-order valence-corrected chi connectivity index (χ1v) is 10.9. The molecule has 34 heavy (non-hydrogen) atoms.